The van der Waals surface area contributed by atoms with Crippen LogP contribution in [0.3, 0.4) is 0 Å². The molecule has 2 aliphatic heterocycles. The van der Waals surface area contributed by atoms with Gasteiger partial charge in [0.2, 0.25) is 5.91 Å². The van der Waals surface area contributed by atoms with E-state index >= 15 is 0 Å². The summed E-state index contributed by atoms with van der Waals surface area (Å²) in [5, 5.41) is 3.22. The molecule has 2 saturated heterocycles. The fourth-order valence-electron chi connectivity index (χ4n) is 5.58. The maximum atomic E-state index is 13.7. The third-order valence-electron chi connectivity index (χ3n) is 7.82. The van der Waals surface area contributed by atoms with Crippen LogP contribution < -0.4 is 15.0 Å². The van der Waals surface area contributed by atoms with Gasteiger partial charge in [-0.1, -0.05) is 30.3 Å². The van der Waals surface area contributed by atoms with Crippen molar-refractivity contribution in [2.24, 2.45) is 0 Å². The van der Waals surface area contributed by atoms with Crippen LogP contribution in [0.2, 0.25) is 0 Å². The normalized spacial score (nSPS) is 17.9. The highest BCUT2D eigenvalue weighted by Crippen LogP contribution is 2.28. The second-order valence-electron chi connectivity index (χ2n) is 10.8. The van der Waals surface area contributed by atoms with Crippen molar-refractivity contribution in [3.63, 3.8) is 0 Å². The van der Waals surface area contributed by atoms with E-state index in [-0.39, 0.29) is 18.2 Å². The zero-order chi connectivity index (χ0) is 30.2. The van der Waals surface area contributed by atoms with Crippen LogP contribution in [0.25, 0.3) is 0 Å². The molecule has 5 rings (SSSR count). The molecule has 2 heterocycles. The van der Waals surface area contributed by atoms with Crippen LogP contribution in [0.5, 0.6) is 5.75 Å². The Morgan fingerprint density at radius 3 is 2.28 bits per heavy atom. The molecule has 43 heavy (non-hydrogen) atoms. The maximum Gasteiger partial charge on any atom is 0.256 e. The smallest absolute Gasteiger partial charge is 0.256 e. The standard InChI is InChI=1S/C33H38FN5O3S/c1-2-42-29-15-11-27(12-16-29)35-31(40)23-30-32(41)39(28-13-9-26(34)10-14-28)33(43)38(30)18-6-17-36-19-21-37(22-20-36)24-25-7-4-3-5-8-25/h3-5,7-16,30H,2,6,17-24H2,1H3,(H,35,40)/t30-/m0/s1. The van der Waals surface area contributed by atoms with Crippen molar-refractivity contribution in [2.75, 3.05) is 56.1 Å². The molecular weight excluding hydrogens is 565 g/mol. The first-order valence-electron chi connectivity index (χ1n) is 14.8. The summed E-state index contributed by atoms with van der Waals surface area (Å²) < 4.78 is 19.1. The molecule has 2 aliphatic rings. The largest absolute Gasteiger partial charge is 0.494 e. The summed E-state index contributed by atoms with van der Waals surface area (Å²) in [5.74, 6) is -0.248. The molecule has 0 radical (unpaired) electrons. The van der Waals surface area contributed by atoms with Gasteiger partial charge in [-0.2, -0.15) is 0 Å². The number of halogens is 1. The fourth-order valence-corrected chi connectivity index (χ4v) is 6.00. The molecule has 0 unspecified atom stereocenters. The minimum Gasteiger partial charge on any atom is -0.494 e. The average molecular weight is 604 g/mol. The van der Waals surface area contributed by atoms with Gasteiger partial charge in [-0.25, -0.2) is 4.39 Å². The van der Waals surface area contributed by atoms with E-state index in [4.69, 9.17) is 17.0 Å². The molecular formula is C33H38FN5O3S. The lowest BCUT2D eigenvalue weighted by Gasteiger charge is -2.35. The van der Waals surface area contributed by atoms with Crippen LogP contribution in [0.15, 0.2) is 78.9 Å². The van der Waals surface area contributed by atoms with Gasteiger partial charge >= 0.3 is 0 Å². The molecule has 1 N–H and O–H groups in total. The van der Waals surface area contributed by atoms with E-state index in [2.05, 4.69) is 39.4 Å². The third kappa shape index (κ3) is 7.95. The molecule has 10 heteroatoms. The molecule has 2 amide bonds. The Morgan fingerprint density at radius 2 is 1.60 bits per heavy atom. The number of anilines is 2. The zero-order valence-corrected chi connectivity index (χ0v) is 25.3. The summed E-state index contributed by atoms with van der Waals surface area (Å²) >= 11 is 5.77. The van der Waals surface area contributed by atoms with Gasteiger partial charge in [-0.3, -0.25) is 19.4 Å². The lowest BCUT2D eigenvalue weighted by Crippen LogP contribution is -2.47. The molecule has 3 aromatic carbocycles. The lowest BCUT2D eigenvalue weighted by atomic mass is 10.1. The lowest BCUT2D eigenvalue weighted by molar-refractivity contribution is -0.124. The van der Waals surface area contributed by atoms with Crippen LogP contribution in [-0.4, -0.2) is 83.5 Å². The first-order chi connectivity index (χ1) is 20.9. The highest BCUT2D eigenvalue weighted by molar-refractivity contribution is 7.80. The van der Waals surface area contributed by atoms with Gasteiger partial charge in [0.05, 0.1) is 18.7 Å². The summed E-state index contributed by atoms with van der Waals surface area (Å²) in [6.45, 7) is 8.79. The molecule has 2 fully saturated rings. The van der Waals surface area contributed by atoms with Gasteiger partial charge in [-0.05, 0) is 86.2 Å². The van der Waals surface area contributed by atoms with E-state index in [0.29, 0.717) is 29.6 Å². The second-order valence-corrected chi connectivity index (χ2v) is 11.2. The van der Waals surface area contributed by atoms with E-state index in [9.17, 15) is 14.0 Å². The van der Waals surface area contributed by atoms with E-state index in [1.165, 1.54) is 34.7 Å². The molecule has 0 aromatic heterocycles. The van der Waals surface area contributed by atoms with Crippen molar-refractivity contribution in [3.05, 3.63) is 90.2 Å². The number of hydrogen-bond acceptors (Lipinski definition) is 6. The van der Waals surface area contributed by atoms with E-state index < -0.39 is 11.9 Å². The molecule has 0 saturated carbocycles. The molecule has 226 valence electrons. The number of piperazine rings is 1. The maximum absolute atomic E-state index is 13.7. The average Bonchev–Trinajstić information content (AvgIpc) is 3.24. The first kappa shape index (κ1) is 30.6. The van der Waals surface area contributed by atoms with Crippen LogP contribution in [0.4, 0.5) is 15.8 Å². The van der Waals surface area contributed by atoms with Crippen LogP contribution in [0.1, 0.15) is 25.3 Å². The summed E-state index contributed by atoms with van der Waals surface area (Å²) in [6.07, 6.45) is 0.739. The Morgan fingerprint density at radius 1 is 0.930 bits per heavy atom. The van der Waals surface area contributed by atoms with E-state index in [1.54, 1.807) is 24.3 Å². The number of nitrogens with one attached hydrogen (secondary N) is 1. The van der Waals surface area contributed by atoms with Gasteiger partial charge in [0, 0.05) is 45.0 Å². The van der Waals surface area contributed by atoms with Gasteiger partial charge in [0.1, 0.15) is 17.6 Å². The van der Waals surface area contributed by atoms with E-state index in [1.807, 2.05) is 17.9 Å². The molecule has 1 atom stereocenters. The van der Waals surface area contributed by atoms with Crippen molar-refractivity contribution in [1.82, 2.24) is 14.7 Å². The van der Waals surface area contributed by atoms with Crippen LogP contribution >= 0.6 is 12.2 Å². The Labute approximate surface area is 258 Å². The van der Waals surface area contributed by atoms with Crippen molar-refractivity contribution in [1.29, 1.82) is 0 Å². The number of nitrogens with zero attached hydrogens (tertiary/aromatic N) is 4. The minimum absolute atomic E-state index is 0.0535. The molecule has 0 aliphatic carbocycles. The molecule has 0 spiro atoms. The Balaban J connectivity index is 1.19. The van der Waals surface area contributed by atoms with E-state index in [0.717, 1.165) is 51.4 Å². The van der Waals surface area contributed by atoms with Crippen LogP contribution in [-0.2, 0) is 16.1 Å². The summed E-state index contributed by atoms with van der Waals surface area (Å²) in [6, 6.07) is 22.6. The Hall–Kier alpha value is -3.86. The number of amides is 2. The predicted octanol–water partition coefficient (Wildman–Crippen LogP) is 4.76. The SMILES string of the molecule is CCOc1ccc(NC(=O)C[C@H]2C(=O)N(c3ccc(F)cc3)C(=S)N2CCCN2CCN(Cc3ccccc3)CC2)cc1. The van der Waals surface area contributed by atoms with Gasteiger partial charge in [-0.15, -0.1) is 0 Å². The molecule has 0 bridgehead atoms. The third-order valence-corrected chi connectivity index (χ3v) is 8.24. The summed E-state index contributed by atoms with van der Waals surface area (Å²) in [7, 11) is 0. The van der Waals surface area contributed by atoms with Gasteiger partial charge in [0.25, 0.3) is 5.91 Å². The highest BCUT2D eigenvalue weighted by atomic mass is 32.1. The van der Waals surface area contributed by atoms with Crippen LogP contribution in [0, 0.1) is 5.82 Å². The quantitative estimate of drug-likeness (QED) is 0.300. The number of rotatable bonds is 12. The summed E-state index contributed by atoms with van der Waals surface area (Å²) in [4.78, 5) is 34.9. The number of thiocarbonyl (C=S) groups is 1. The number of carbonyl (C=O) groups is 2. The predicted molar refractivity (Wildman–Crippen MR) is 171 cm³/mol. The topological polar surface area (TPSA) is 68.4 Å². The number of ether oxygens (including phenoxy) is 1. The molecule has 8 nitrogen and oxygen atoms in total. The number of carbonyl (C=O) groups excluding carboxylic acids is 2. The van der Waals surface area contributed by atoms with Crippen molar-refractivity contribution >= 4 is 40.5 Å². The Bertz CT molecular complexity index is 1380. The van der Waals surface area contributed by atoms with Crippen molar-refractivity contribution in [2.45, 2.75) is 32.4 Å². The van der Waals surface area contributed by atoms with Gasteiger partial charge in [0.15, 0.2) is 5.11 Å². The highest BCUT2D eigenvalue weighted by Gasteiger charge is 2.44. The van der Waals surface area contributed by atoms with Crippen molar-refractivity contribution in [3.8, 4) is 5.75 Å². The first-order valence-corrected chi connectivity index (χ1v) is 15.2. The Kier molecular flexibility index (Phi) is 10.3. The fraction of sp³-hybridized carbons (Fsp3) is 0.364. The number of hydrogen-bond donors (Lipinski definition) is 1. The van der Waals surface area contributed by atoms with Crippen molar-refractivity contribution < 1.29 is 18.7 Å². The monoisotopic (exact) mass is 603 g/mol. The summed E-state index contributed by atoms with van der Waals surface area (Å²) in [5.41, 5.74) is 2.44. The molecule has 3 aromatic rings. The second kappa shape index (κ2) is 14.5. The zero-order valence-electron chi connectivity index (χ0n) is 24.5. The minimum atomic E-state index is -0.747. The number of benzene rings is 3. The van der Waals surface area contributed by atoms with Gasteiger partial charge < -0.3 is 19.9 Å².